The van der Waals surface area contributed by atoms with Gasteiger partial charge in [-0.2, -0.15) is 0 Å². The molecule has 158 valence electrons. The van der Waals surface area contributed by atoms with Crippen LogP contribution in [-0.2, 0) is 17.9 Å². The number of aryl methyl sites for hydroxylation is 1. The maximum Gasteiger partial charge on any atom is 0.320 e. The molecule has 2 aromatic rings. The summed E-state index contributed by atoms with van der Waals surface area (Å²) in [6, 6.07) is 11.4. The molecule has 0 fully saturated rings. The van der Waals surface area contributed by atoms with Gasteiger partial charge >= 0.3 is 5.97 Å². The van der Waals surface area contributed by atoms with E-state index < -0.39 is 12.0 Å². The molecule has 0 amide bonds. The molecule has 2 N–H and O–H groups in total. The maximum atomic E-state index is 11.5. The average Bonchev–Trinajstić information content (AvgIpc) is 2.65. The molecule has 0 heterocycles. The first-order valence-electron chi connectivity index (χ1n) is 9.90. The number of rotatable bonds is 11. The fourth-order valence-electron chi connectivity index (χ4n) is 3.03. The lowest BCUT2D eigenvalue weighted by molar-refractivity contribution is -0.140. The van der Waals surface area contributed by atoms with Crippen LogP contribution in [0.15, 0.2) is 40.9 Å². The van der Waals surface area contributed by atoms with Crippen molar-refractivity contribution in [1.29, 1.82) is 0 Å². The van der Waals surface area contributed by atoms with Gasteiger partial charge in [0.1, 0.15) is 12.6 Å². The molecule has 0 radical (unpaired) electrons. The van der Waals surface area contributed by atoms with E-state index in [4.69, 9.17) is 9.47 Å². The molecule has 0 aliphatic rings. The molecule has 5 nitrogen and oxygen atoms in total. The van der Waals surface area contributed by atoms with Crippen molar-refractivity contribution >= 4 is 21.9 Å². The summed E-state index contributed by atoms with van der Waals surface area (Å²) in [6.07, 6.45) is 0.576. The summed E-state index contributed by atoms with van der Waals surface area (Å²) in [5.74, 6) is 0.756. The Morgan fingerprint density at radius 2 is 1.93 bits per heavy atom. The summed E-state index contributed by atoms with van der Waals surface area (Å²) in [5.41, 5.74) is 3.22. The molecule has 0 aliphatic heterocycles. The summed E-state index contributed by atoms with van der Waals surface area (Å²) in [7, 11) is 0. The van der Waals surface area contributed by atoms with Gasteiger partial charge in [0.2, 0.25) is 0 Å². The molecule has 0 spiro atoms. The molecule has 0 bridgehead atoms. The highest BCUT2D eigenvalue weighted by atomic mass is 79.9. The Morgan fingerprint density at radius 1 is 1.21 bits per heavy atom. The number of hydrogen-bond donors (Lipinski definition) is 2. The lowest BCUT2D eigenvalue weighted by Gasteiger charge is -2.19. The fourth-order valence-corrected chi connectivity index (χ4v) is 3.64. The monoisotopic (exact) mass is 463 g/mol. The number of halogens is 1. The lowest BCUT2D eigenvalue weighted by Crippen LogP contribution is -2.37. The molecule has 0 aliphatic carbocycles. The number of carboxylic acids is 1. The Labute approximate surface area is 181 Å². The van der Waals surface area contributed by atoms with Crippen LogP contribution in [0.1, 0.15) is 43.9 Å². The first kappa shape index (κ1) is 23.2. The van der Waals surface area contributed by atoms with Gasteiger partial charge in [-0.3, -0.25) is 4.79 Å². The van der Waals surface area contributed by atoms with Gasteiger partial charge in [-0.1, -0.05) is 38.1 Å². The fraction of sp³-hybridized carbons (Fsp3) is 0.435. The topological polar surface area (TPSA) is 67.8 Å². The minimum absolute atomic E-state index is 0.298. The minimum Gasteiger partial charge on any atom is -0.490 e. The van der Waals surface area contributed by atoms with E-state index in [1.54, 1.807) is 0 Å². The van der Waals surface area contributed by atoms with Crippen LogP contribution in [0.5, 0.6) is 11.5 Å². The Balaban J connectivity index is 2.16. The average molecular weight is 464 g/mol. The number of benzene rings is 2. The van der Waals surface area contributed by atoms with E-state index in [2.05, 4.69) is 34.2 Å². The standard InChI is InChI=1S/C23H30BrNO4/c1-5-28-21-12-17(13-25-20(23(26)27)10-15(2)3)11-19(24)22(21)29-14-18-9-7-6-8-16(18)4/h6-9,11-12,15,20,25H,5,10,13-14H2,1-4H3,(H,26,27). The molecule has 29 heavy (non-hydrogen) atoms. The van der Waals surface area contributed by atoms with Gasteiger partial charge in [0.25, 0.3) is 0 Å². The number of nitrogens with one attached hydrogen (secondary N) is 1. The van der Waals surface area contributed by atoms with Crippen LogP contribution in [0.4, 0.5) is 0 Å². The summed E-state index contributed by atoms with van der Waals surface area (Å²) in [4.78, 5) is 11.5. The van der Waals surface area contributed by atoms with Crippen molar-refractivity contribution in [3.05, 3.63) is 57.6 Å². The summed E-state index contributed by atoms with van der Waals surface area (Å²) in [6.45, 7) is 9.40. The lowest BCUT2D eigenvalue weighted by atomic mass is 10.0. The van der Waals surface area contributed by atoms with Crippen molar-refractivity contribution in [2.24, 2.45) is 5.92 Å². The zero-order chi connectivity index (χ0) is 21.4. The second-order valence-electron chi connectivity index (χ2n) is 7.45. The quantitative estimate of drug-likeness (QED) is 0.471. The largest absolute Gasteiger partial charge is 0.490 e. The molecular formula is C23H30BrNO4. The van der Waals surface area contributed by atoms with Crippen LogP contribution in [0.3, 0.4) is 0 Å². The van der Waals surface area contributed by atoms with Crippen LogP contribution < -0.4 is 14.8 Å². The maximum absolute atomic E-state index is 11.5. The van der Waals surface area contributed by atoms with Gasteiger partial charge in [-0.25, -0.2) is 0 Å². The van der Waals surface area contributed by atoms with Gasteiger partial charge in [0.15, 0.2) is 11.5 Å². The van der Waals surface area contributed by atoms with Crippen molar-refractivity contribution < 1.29 is 19.4 Å². The Bertz CT molecular complexity index is 823. The van der Waals surface area contributed by atoms with E-state index >= 15 is 0 Å². The third-order valence-corrected chi connectivity index (χ3v) is 5.15. The first-order valence-corrected chi connectivity index (χ1v) is 10.7. The Morgan fingerprint density at radius 3 is 2.55 bits per heavy atom. The van der Waals surface area contributed by atoms with Crippen molar-refractivity contribution in [2.75, 3.05) is 6.61 Å². The van der Waals surface area contributed by atoms with Crippen LogP contribution in [0, 0.1) is 12.8 Å². The zero-order valence-corrected chi connectivity index (χ0v) is 19.1. The van der Waals surface area contributed by atoms with Crippen LogP contribution in [0.25, 0.3) is 0 Å². The molecule has 0 saturated carbocycles. The molecule has 6 heteroatoms. The van der Waals surface area contributed by atoms with Crippen molar-refractivity contribution in [2.45, 2.75) is 53.3 Å². The summed E-state index contributed by atoms with van der Waals surface area (Å²) in [5, 5.41) is 12.6. The van der Waals surface area contributed by atoms with Gasteiger partial charge in [0.05, 0.1) is 11.1 Å². The molecular weight excluding hydrogens is 434 g/mol. The van der Waals surface area contributed by atoms with E-state index in [0.717, 1.165) is 15.6 Å². The van der Waals surface area contributed by atoms with Crippen molar-refractivity contribution in [3.63, 3.8) is 0 Å². The predicted octanol–water partition coefficient (Wildman–Crippen LogP) is 5.32. The van der Waals surface area contributed by atoms with Gasteiger partial charge < -0.3 is 19.9 Å². The van der Waals surface area contributed by atoms with Gasteiger partial charge in [-0.05, 0) is 70.9 Å². The molecule has 1 atom stereocenters. The number of aliphatic carboxylic acids is 1. The normalized spacial score (nSPS) is 12.1. The van der Waals surface area contributed by atoms with E-state index in [0.29, 0.717) is 43.6 Å². The van der Waals surface area contributed by atoms with Crippen molar-refractivity contribution in [1.82, 2.24) is 5.32 Å². The number of ether oxygens (including phenoxy) is 2. The molecule has 0 saturated heterocycles. The smallest absolute Gasteiger partial charge is 0.320 e. The third-order valence-electron chi connectivity index (χ3n) is 4.56. The molecule has 0 aromatic heterocycles. The van der Waals surface area contributed by atoms with E-state index in [1.807, 2.05) is 51.1 Å². The van der Waals surface area contributed by atoms with E-state index in [9.17, 15) is 9.90 Å². The van der Waals surface area contributed by atoms with Gasteiger partial charge in [0, 0.05) is 6.54 Å². The Hall–Kier alpha value is -2.05. The Kier molecular flexibility index (Phi) is 8.99. The highest BCUT2D eigenvalue weighted by Gasteiger charge is 2.19. The zero-order valence-electron chi connectivity index (χ0n) is 17.5. The molecule has 2 rings (SSSR count). The SMILES string of the molecule is CCOc1cc(CNC(CC(C)C)C(=O)O)cc(Br)c1OCc1ccccc1C. The van der Waals surface area contributed by atoms with Crippen LogP contribution >= 0.6 is 15.9 Å². The van der Waals surface area contributed by atoms with Crippen LogP contribution in [0.2, 0.25) is 0 Å². The molecule has 2 aromatic carbocycles. The van der Waals surface area contributed by atoms with Crippen LogP contribution in [-0.4, -0.2) is 23.7 Å². The number of carboxylic acid groups (broad SMARTS) is 1. The second kappa shape index (κ2) is 11.2. The summed E-state index contributed by atoms with van der Waals surface area (Å²) >= 11 is 3.59. The third kappa shape index (κ3) is 7.05. The van der Waals surface area contributed by atoms with E-state index in [1.165, 1.54) is 5.56 Å². The highest BCUT2D eigenvalue weighted by molar-refractivity contribution is 9.10. The van der Waals surface area contributed by atoms with Gasteiger partial charge in [-0.15, -0.1) is 0 Å². The second-order valence-corrected chi connectivity index (χ2v) is 8.31. The number of carbonyl (C=O) groups is 1. The highest BCUT2D eigenvalue weighted by Crippen LogP contribution is 2.37. The molecule has 1 unspecified atom stereocenters. The minimum atomic E-state index is -0.832. The van der Waals surface area contributed by atoms with Crippen molar-refractivity contribution in [3.8, 4) is 11.5 Å². The first-order chi connectivity index (χ1) is 13.8. The van der Waals surface area contributed by atoms with E-state index in [-0.39, 0.29) is 0 Å². The number of hydrogen-bond acceptors (Lipinski definition) is 4. The predicted molar refractivity (Wildman–Crippen MR) is 119 cm³/mol. The summed E-state index contributed by atoms with van der Waals surface area (Å²) < 4.78 is 12.7.